The zero-order valence-electron chi connectivity index (χ0n) is 10.9. The second-order valence-electron chi connectivity index (χ2n) is 7.09. The van der Waals surface area contributed by atoms with Crippen molar-refractivity contribution in [2.45, 2.75) is 57.5 Å². The molecule has 17 heavy (non-hydrogen) atoms. The van der Waals surface area contributed by atoms with Crippen LogP contribution in [0.1, 0.15) is 46.0 Å². The molecule has 3 N–H and O–H groups in total. The molecule has 96 valence electrons. The number of carbonyl (C=O) groups is 1. The van der Waals surface area contributed by atoms with Crippen LogP contribution in [0.4, 0.5) is 0 Å². The normalized spacial score (nSPS) is 44.0. The molecule has 4 saturated carbocycles. The van der Waals surface area contributed by atoms with Crippen molar-refractivity contribution in [3.63, 3.8) is 0 Å². The van der Waals surface area contributed by atoms with Crippen molar-refractivity contribution in [1.82, 2.24) is 5.32 Å². The molecular formula is C14H24N2O. The van der Waals surface area contributed by atoms with Gasteiger partial charge in [0.1, 0.15) is 0 Å². The number of rotatable bonds is 3. The van der Waals surface area contributed by atoms with Crippen LogP contribution in [0.15, 0.2) is 0 Å². The van der Waals surface area contributed by atoms with E-state index in [0.29, 0.717) is 6.04 Å². The maximum absolute atomic E-state index is 11.4. The van der Waals surface area contributed by atoms with Gasteiger partial charge in [0.2, 0.25) is 5.91 Å². The van der Waals surface area contributed by atoms with Crippen LogP contribution in [0.5, 0.6) is 0 Å². The van der Waals surface area contributed by atoms with Gasteiger partial charge in [-0.3, -0.25) is 4.79 Å². The van der Waals surface area contributed by atoms with Gasteiger partial charge in [0, 0.05) is 6.04 Å². The first kappa shape index (κ1) is 11.5. The van der Waals surface area contributed by atoms with Crippen LogP contribution in [0.25, 0.3) is 0 Å². The number of hydrogen-bond donors (Lipinski definition) is 2. The first-order valence-electron chi connectivity index (χ1n) is 7.03. The van der Waals surface area contributed by atoms with Crippen molar-refractivity contribution in [2.75, 3.05) is 0 Å². The number of carbonyl (C=O) groups excluding carboxylic acids is 1. The van der Waals surface area contributed by atoms with Gasteiger partial charge < -0.3 is 11.1 Å². The van der Waals surface area contributed by atoms with Crippen LogP contribution in [-0.2, 0) is 4.79 Å². The molecule has 0 atom stereocenters. The Kier molecular flexibility index (Phi) is 2.51. The minimum absolute atomic E-state index is 0.230. The van der Waals surface area contributed by atoms with E-state index in [9.17, 15) is 4.79 Å². The van der Waals surface area contributed by atoms with Crippen LogP contribution in [0, 0.1) is 23.7 Å². The van der Waals surface area contributed by atoms with Crippen LogP contribution in [0.2, 0.25) is 0 Å². The van der Waals surface area contributed by atoms with E-state index in [0.717, 1.165) is 23.7 Å². The highest BCUT2D eigenvalue weighted by Gasteiger charge is 2.49. The van der Waals surface area contributed by atoms with Crippen molar-refractivity contribution in [3.8, 4) is 0 Å². The molecule has 0 aliphatic heterocycles. The summed E-state index contributed by atoms with van der Waals surface area (Å²) in [6.45, 7) is 3.83. The summed E-state index contributed by atoms with van der Waals surface area (Å²) in [7, 11) is 0. The van der Waals surface area contributed by atoms with E-state index in [2.05, 4.69) is 5.32 Å². The third kappa shape index (κ3) is 1.88. The smallest absolute Gasteiger partial charge is 0.237 e. The van der Waals surface area contributed by atoms with Gasteiger partial charge in [-0.1, -0.05) is 0 Å². The maximum Gasteiger partial charge on any atom is 0.237 e. The first-order valence-corrected chi connectivity index (χ1v) is 7.03. The molecule has 0 aromatic rings. The fourth-order valence-electron chi connectivity index (χ4n) is 4.65. The zero-order valence-corrected chi connectivity index (χ0v) is 10.9. The van der Waals surface area contributed by atoms with Crippen LogP contribution in [-0.4, -0.2) is 17.5 Å². The van der Waals surface area contributed by atoms with Gasteiger partial charge >= 0.3 is 0 Å². The summed E-state index contributed by atoms with van der Waals surface area (Å²) in [4.78, 5) is 11.4. The quantitative estimate of drug-likeness (QED) is 0.783. The monoisotopic (exact) mass is 236 g/mol. The summed E-state index contributed by atoms with van der Waals surface area (Å²) in [5.74, 6) is 3.32. The number of nitrogens with one attached hydrogen (secondary N) is 1. The lowest BCUT2D eigenvalue weighted by molar-refractivity contribution is -0.124. The minimum Gasteiger partial charge on any atom is -0.368 e. The van der Waals surface area contributed by atoms with Gasteiger partial charge in [-0.25, -0.2) is 0 Å². The molecule has 4 fully saturated rings. The molecule has 0 spiro atoms. The average Bonchev–Trinajstić information content (AvgIpc) is 2.22. The molecular weight excluding hydrogens is 212 g/mol. The third-order valence-electron chi connectivity index (χ3n) is 5.37. The molecule has 1 amide bonds. The van der Waals surface area contributed by atoms with Crippen molar-refractivity contribution < 1.29 is 4.79 Å². The molecule has 3 heteroatoms. The summed E-state index contributed by atoms with van der Waals surface area (Å²) < 4.78 is 0. The second kappa shape index (κ2) is 3.71. The predicted octanol–water partition coefficient (Wildman–Crippen LogP) is 1.66. The molecule has 0 saturated heterocycles. The van der Waals surface area contributed by atoms with E-state index in [4.69, 9.17) is 5.73 Å². The van der Waals surface area contributed by atoms with E-state index in [-0.39, 0.29) is 5.91 Å². The Balaban J connectivity index is 1.74. The van der Waals surface area contributed by atoms with Crippen molar-refractivity contribution >= 4 is 5.91 Å². The summed E-state index contributed by atoms with van der Waals surface area (Å²) >= 11 is 0. The van der Waals surface area contributed by atoms with Gasteiger partial charge in [0.05, 0.1) is 5.54 Å². The molecule has 0 unspecified atom stereocenters. The fraction of sp³-hybridized carbons (Fsp3) is 0.929. The highest BCUT2D eigenvalue weighted by atomic mass is 16.1. The highest BCUT2D eigenvalue weighted by Crippen LogP contribution is 2.53. The first-order chi connectivity index (χ1) is 7.95. The van der Waals surface area contributed by atoms with E-state index in [1.807, 2.05) is 13.8 Å². The Morgan fingerprint density at radius 2 is 1.53 bits per heavy atom. The van der Waals surface area contributed by atoms with Gasteiger partial charge in [-0.05, 0) is 69.6 Å². The second-order valence-corrected chi connectivity index (χ2v) is 7.09. The minimum atomic E-state index is -0.556. The average molecular weight is 236 g/mol. The lowest BCUT2D eigenvalue weighted by Gasteiger charge is -2.55. The van der Waals surface area contributed by atoms with Crippen LogP contribution in [0.3, 0.4) is 0 Å². The Hall–Kier alpha value is -0.570. The lowest BCUT2D eigenvalue weighted by Crippen LogP contribution is -2.62. The summed E-state index contributed by atoms with van der Waals surface area (Å²) in [6.07, 6.45) is 6.97. The van der Waals surface area contributed by atoms with Crippen molar-refractivity contribution in [3.05, 3.63) is 0 Å². The molecule has 0 radical (unpaired) electrons. The van der Waals surface area contributed by atoms with Crippen LogP contribution >= 0.6 is 0 Å². The number of primary amides is 1. The molecule has 3 nitrogen and oxygen atoms in total. The largest absolute Gasteiger partial charge is 0.368 e. The van der Waals surface area contributed by atoms with Gasteiger partial charge in [0.25, 0.3) is 0 Å². The van der Waals surface area contributed by atoms with E-state index < -0.39 is 5.54 Å². The van der Waals surface area contributed by atoms with Gasteiger partial charge in [-0.2, -0.15) is 0 Å². The number of amides is 1. The molecule has 0 aromatic carbocycles. The highest BCUT2D eigenvalue weighted by molar-refractivity contribution is 5.83. The Morgan fingerprint density at radius 3 is 1.94 bits per heavy atom. The molecule has 0 aromatic heterocycles. The summed E-state index contributed by atoms with van der Waals surface area (Å²) in [5, 5.41) is 3.56. The summed E-state index contributed by atoms with van der Waals surface area (Å²) in [6, 6.07) is 0.533. The van der Waals surface area contributed by atoms with Crippen LogP contribution < -0.4 is 11.1 Å². The molecule has 4 rings (SSSR count). The Morgan fingerprint density at radius 1 is 1.06 bits per heavy atom. The maximum atomic E-state index is 11.4. The topological polar surface area (TPSA) is 55.1 Å². The standard InChI is InChI=1S/C14H24N2O/c1-14(2,13(15)17)16-12-10-4-8-3-9(6-10)7-11(12)5-8/h8-12,16H,3-7H2,1-2H3,(H2,15,17). The van der Waals surface area contributed by atoms with Gasteiger partial charge in [-0.15, -0.1) is 0 Å². The molecule has 4 bridgehead atoms. The third-order valence-corrected chi connectivity index (χ3v) is 5.37. The number of nitrogens with two attached hydrogens (primary N) is 1. The summed E-state index contributed by atoms with van der Waals surface area (Å²) in [5.41, 5.74) is 4.92. The number of hydrogen-bond acceptors (Lipinski definition) is 2. The Bertz CT molecular complexity index is 309. The van der Waals surface area contributed by atoms with Crippen molar-refractivity contribution in [2.24, 2.45) is 29.4 Å². The van der Waals surface area contributed by atoms with Gasteiger partial charge in [0.15, 0.2) is 0 Å². The molecule has 0 heterocycles. The fourth-order valence-corrected chi connectivity index (χ4v) is 4.65. The lowest BCUT2D eigenvalue weighted by atomic mass is 9.54. The zero-order chi connectivity index (χ0) is 12.2. The molecule has 4 aliphatic rings. The SMILES string of the molecule is CC(C)(NC1C2CC3CC(C2)CC1C3)C(N)=O. The Labute approximate surface area is 104 Å². The van der Waals surface area contributed by atoms with Crippen molar-refractivity contribution in [1.29, 1.82) is 0 Å². The van der Waals surface area contributed by atoms with E-state index in [1.54, 1.807) is 0 Å². The molecule has 4 aliphatic carbocycles. The predicted molar refractivity (Wildman–Crippen MR) is 67.2 cm³/mol. The van der Waals surface area contributed by atoms with E-state index in [1.165, 1.54) is 32.1 Å². The van der Waals surface area contributed by atoms with E-state index >= 15 is 0 Å².